The number of ether oxygens (including phenoxy) is 2. The van der Waals surface area contributed by atoms with Gasteiger partial charge in [0.15, 0.2) is 6.61 Å². The van der Waals surface area contributed by atoms with Gasteiger partial charge in [0.05, 0.1) is 7.11 Å². The van der Waals surface area contributed by atoms with E-state index in [1.165, 1.54) is 0 Å². The van der Waals surface area contributed by atoms with Crippen LogP contribution in [0, 0.1) is 0 Å². The van der Waals surface area contributed by atoms with Crippen LogP contribution in [-0.2, 0) is 11.3 Å². The van der Waals surface area contributed by atoms with Gasteiger partial charge in [0.25, 0.3) is 5.91 Å². The first-order chi connectivity index (χ1) is 10.2. The van der Waals surface area contributed by atoms with Crippen LogP contribution in [0.4, 0.5) is 5.69 Å². The fraction of sp³-hybridized carbons (Fsp3) is 0.188. The van der Waals surface area contributed by atoms with E-state index in [0.29, 0.717) is 12.3 Å². The van der Waals surface area contributed by atoms with Crippen molar-refractivity contribution in [2.24, 2.45) is 5.73 Å². The third-order valence-electron chi connectivity index (χ3n) is 2.89. The van der Waals surface area contributed by atoms with Crippen molar-refractivity contribution in [3.8, 4) is 11.5 Å². The van der Waals surface area contributed by atoms with E-state index in [9.17, 15) is 4.79 Å². The topological polar surface area (TPSA) is 73.6 Å². The third kappa shape index (κ3) is 4.72. The maximum atomic E-state index is 10.6. The van der Waals surface area contributed by atoms with Gasteiger partial charge in [0.2, 0.25) is 0 Å². The van der Waals surface area contributed by atoms with Crippen molar-refractivity contribution in [2.45, 2.75) is 6.54 Å². The van der Waals surface area contributed by atoms with E-state index in [4.69, 9.17) is 15.2 Å². The summed E-state index contributed by atoms with van der Waals surface area (Å²) < 4.78 is 10.3. The van der Waals surface area contributed by atoms with E-state index in [0.717, 1.165) is 17.0 Å². The van der Waals surface area contributed by atoms with Gasteiger partial charge < -0.3 is 20.5 Å². The number of rotatable bonds is 7. The molecule has 0 heterocycles. The van der Waals surface area contributed by atoms with Gasteiger partial charge in [-0.1, -0.05) is 12.1 Å². The Morgan fingerprint density at radius 3 is 2.24 bits per heavy atom. The van der Waals surface area contributed by atoms with Crippen LogP contribution in [0.5, 0.6) is 11.5 Å². The third-order valence-corrected chi connectivity index (χ3v) is 2.89. The normalized spacial score (nSPS) is 9.95. The Morgan fingerprint density at radius 1 is 1.05 bits per heavy atom. The zero-order chi connectivity index (χ0) is 15.1. The quantitative estimate of drug-likeness (QED) is 0.818. The van der Waals surface area contributed by atoms with Gasteiger partial charge in [-0.2, -0.15) is 0 Å². The van der Waals surface area contributed by atoms with Gasteiger partial charge in [-0.05, 0) is 42.0 Å². The van der Waals surface area contributed by atoms with Crippen LogP contribution < -0.4 is 20.5 Å². The van der Waals surface area contributed by atoms with Crippen molar-refractivity contribution in [3.05, 3.63) is 54.1 Å². The summed E-state index contributed by atoms with van der Waals surface area (Å²) in [5.41, 5.74) is 7.15. The maximum Gasteiger partial charge on any atom is 0.255 e. The van der Waals surface area contributed by atoms with Crippen molar-refractivity contribution >= 4 is 11.6 Å². The lowest BCUT2D eigenvalue weighted by atomic mass is 10.2. The summed E-state index contributed by atoms with van der Waals surface area (Å²) in [6.07, 6.45) is 0. The number of carbonyl (C=O) groups is 1. The minimum atomic E-state index is -0.486. The van der Waals surface area contributed by atoms with Crippen molar-refractivity contribution in [3.63, 3.8) is 0 Å². The van der Waals surface area contributed by atoms with Crippen molar-refractivity contribution in [1.29, 1.82) is 0 Å². The van der Waals surface area contributed by atoms with Crippen LogP contribution in [0.25, 0.3) is 0 Å². The Bertz CT molecular complexity index is 579. The highest BCUT2D eigenvalue weighted by molar-refractivity contribution is 5.75. The fourth-order valence-electron chi connectivity index (χ4n) is 1.77. The molecule has 0 atom stereocenters. The average Bonchev–Trinajstić information content (AvgIpc) is 2.52. The summed E-state index contributed by atoms with van der Waals surface area (Å²) in [6.45, 7) is 0.589. The van der Waals surface area contributed by atoms with Gasteiger partial charge in [-0.15, -0.1) is 0 Å². The highest BCUT2D eigenvalue weighted by Crippen LogP contribution is 2.17. The van der Waals surface area contributed by atoms with Crippen molar-refractivity contribution in [1.82, 2.24) is 0 Å². The standard InChI is InChI=1S/C16H18N2O3/c1-20-14-8-4-13(5-9-14)18-10-12-2-6-15(7-3-12)21-11-16(17)19/h2-9,18H,10-11H2,1H3,(H2,17,19). The molecule has 5 heteroatoms. The largest absolute Gasteiger partial charge is 0.497 e. The summed E-state index contributed by atoms with van der Waals surface area (Å²) in [6, 6.07) is 15.2. The molecule has 0 bridgehead atoms. The Kier molecular flexibility index (Phi) is 5.04. The lowest BCUT2D eigenvalue weighted by molar-refractivity contribution is -0.119. The lowest BCUT2D eigenvalue weighted by Gasteiger charge is -2.08. The SMILES string of the molecule is COc1ccc(NCc2ccc(OCC(N)=O)cc2)cc1. The molecule has 0 saturated heterocycles. The molecule has 0 spiro atoms. The van der Waals surface area contributed by atoms with Crippen LogP contribution in [0.2, 0.25) is 0 Å². The van der Waals surface area contributed by atoms with E-state index in [-0.39, 0.29) is 6.61 Å². The number of nitrogens with two attached hydrogens (primary N) is 1. The maximum absolute atomic E-state index is 10.6. The molecule has 2 aromatic rings. The van der Waals surface area contributed by atoms with Crippen LogP contribution in [0.1, 0.15) is 5.56 Å². The molecule has 5 nitrogen and oxygen atoms in total. The molecule has 0 aliphatic rings. The molecule has 1 amide bonds. The molecule has 2 rings (SSSR count). The number of anilines is 1. The number of primary amides is 1. The van der Waals surface area contributed by atoms with E-state index >= 15 is 0 Å². The smallest absolute Gasteiger partial charge is 0.255 e. The molecule has 0 unspecified atom stereocenters. The predicted molar refractivity (Wildman–Crippen MR) is 81.5 cm³/mol. The summed E-state index contributed by atoms with van der Waals surface area (Å²) in [4.78, 5) is 10.6. The van der Waals surface area contributed by atoms with Gasteiger partial charge >= 0.3 is 0 Å². The molecular formula is C16H18N2O3. The van der Waals surface area contributed by atoms with Crippen molar-refractivity contribution in [2.75, 3.05) is 19.0 Å². The number of methoxy groups -OCH3 is 1. The minimum Gasteiger partial charge on any atom is -0.497 e. The molecular weight excluding hydrogens is 268 g/mol. The Morgan fingerprint density at radius 2 is 1.67 bits per heavy atom. The van der Waals surface area contributed by atoms with E-state index in [1.54, 1.807) is 7.11 Å². The number of hydrogen-bond acceptors (Lipinski definition) is 4. The molecule has 0 aromatic heterocycles. The van der Waals surface area contributed by atoms with Gasteiger partial charge in [-0.25, -0.2) is 0 Å². The molecule has 21 heavy (non-hydrogen) atoms. The molecule has 0 aliphatic heterocycles. The van der Waals surface area contributed by atoms with E-state index in [1.807, 2.05) is 48.5 Å². The van der Waals surface area contributed by atoms with Crippen LogP contribution >= 0.6 is 0 Å². The Balaban J connectivity index is 1.86. The summed E-state index contributed by atoms with van der Waals surface area (Å²) in [5, 5.41) is 3.31. The number of hydrogen-bond donors (Lipinski definition) is 2. The summed E-state index contributed by atoms with van der Waals surface area (Å²) >= 11 is 0. The average molecular weight is 286 g/mol. The predicted octanol–water partition coefficient (Wildman–Crippen LogP) is 2.17. The van der Waals surface area contributed by atoms with Crippen LogP contribution in [-0.4, -0.2) is 19.6 Å². The summed E-state index contributed by atoms with van der Waals surface area (Å²) in [7, 11) is 1.64. The molecule has 0 saturated carbocycles. The van der Waals surface area contributed by atoms with Crippen LogP contribution in [0.3, 0.4) is 0 Å². The van der Waals surface area contributed by atoms with E-state index < -0.39 is 5.91 Å². The molecule has 0 fully saturated rings. The number of carbonyl (C=O) groups excluding carboxylic acids is 1. The Labute approximate surface area is 123 Å². The highest BCUT2D eigenvalue weighted by atomic mass is 16.5. The van der Waals surface area contributed by atoms with Crippen LogP contribution in [0.15, 0.2) is 48.5 Å². The zero-order valence-electron chi connectivity index (χ0n) is 11.8. The first-order valence-corrected chi connectivity index (χ1v) is 6.55. The monoisotopic (exact) mass is 286 g/mol. The molecule has 0 radical (unpaired) electrons. The lowest BCUT2D eigenvalue weighted by Crippen LogP contribution is -2.19. The molecule has 110 valence electrons. The molecule has 2 aromatic carbocycles. The highest BCUT2D eigenvalue weighted by Gasteiger charge is 1.99. The summed E-state index contributed by atoms with van der Waals surface area (Å²) in [5.74, 6) is 0.971. The fourth-order valence-corrected chi connectivity index (χ4v) is 1.77. The second-order valence-electron chi connectivity index (χ2n) is 4.48. The number of benzene rings is 2. The van der Waals surface area contributed by atoms with Crippen molar-refractivity contribution < 1.29 is 14.3 Å². The first kappa shape index (κ1) is 14.7. The van der Waals surface area contributed by atoms with Gasteiger partial charge in [0.1, 0.15) is 11.5 Å². The minimum absolute atomic E-state index is 0.108. The molecule has 0 aliphatic carbocycles. The second-order valence-corrected chi connectivity index (χ2v) is 4.48. The van der Waals surface area contributed by atoms with E-state index in [2.05, 4.69) is 5.32 Å². The molecule has 3 N–H and O–H groups in total. The first-order valence-electron chi connectivity index (χ1n) is 6.55. The van der Waals surface area contributed by atoms with Gasteiger partial charge in [-0.3, -0.25) is 4.79 Å². The second kappa shape index (κ2) is 7.19. The number of nitrogens with one attached hydrogen (secondary N) is 1. The van der Waals surface area contributed by atoms with Gasteiger partial charge in [0, 0.05) is 12.2 Å². The zero-order valence-corrected chi connectivity index (χ0v) is 11.8. The number of amides is 1. The Hall–Kier alpha value is -2.69.